The van der Waals surface area contributed by atoms with Crippen molar-refractivity contribution in [3.05, 3.63) is 29.8 Å². The third kappa shape index (κ3) is 3.01. The normalized spacial score (nSPS) is 22.3. The summed E-state index contributed by atoms with van der Waals surface area (Å²) in [5.41, 5.74) is 7.44. The highest BCUT2D eigenvalue weighted by Gasteiger charge is 2.45. The Kier molecular flexibility index (Phi) is 3.30. The Hall–Kier alpha value is -1.55. The molecule has 0 heterocycles. The van der Waals surface area contributed by atoms with Gasteiger partial charge in [-0.1, -0.05) is 26.0 Å². The number of benzene rings is 1. The van der Waals surface area contributed by atoms with E-state index in [-0.39, 0.29) is 0 Å². The van der Waals surface area contributed by atoms with Gasteiger partial charge in [-0.05, 0) is 36.5 Å². The number of carbonyl (C=O) groups is 1. The number of nitrogens with one attached hydrogen (secondary N) is 2. The van der Waals surface area contributed by atoms with Gasteiger partial charge in [0.2, 0.25) is 0 Å². The van der Waals surface area contributed by atoms with Gasteiger partial charge in [0.05, 0.1) is 0 Å². The molecular formula is C14H21N3O. The van der Waals surface area contributed by atoms with Crippen molar-refractivity contribution in [3.8, 4) is 0 Å². The first-order chi connectivity index (χ1) is 8.38. The van der Waals surface area contributed by atoms with Crippen LogP contribution in [-0.2, 0) is 0 Å². The topological polar surface area (TPSA) is 67.2 Å². The average Bonchev–Trinajstić information content (AvgIpc) is 2.86. The lowest BCUT2D eigenvalue weighted by molar-refractivity contribution is 0.259. The fraction of sp³-hybridized carbons (Fsp3) is 0.500. The van der Waals surface area contributed by atoms with Gasteiger partial charge in [-0.2, -0.15) is 0 Å². The molecule has 0 bridgehead atoms. The molecule has 1 aliphatic rings. The second kappa shape index (κ2) is 4.61. The summed E-state index contributed by atoms with van der Waals surface area (Å²) in [7, 11) is 0. The molecular weight excluding hydrogens is 226 g/mol. The van der Waals surface area contributed by atoms with E-state index >= 15 is 0 Å². The van der Waals surface area contributed by atoms with Crippen molar-refractivity contribution in [2.75, 3.05) is 5.32 Å². The van der Waals surface area contributed by atoms with Crippen LogP contribution in [0, 0.1) is 5.41 Å². The first-order valence-corrected chi connectivity index (χ1v) is 6.31. The van der Waals surface area contributed by atoms with Crippen molar-refractivity contribution in [2.45, 2.75) is 39.3 Å². The third-order valence-corrected chi connectivity index (χ3v) is 3.64. The molecule has 0 aromatic heterocycles. The van der Waals surface area contributed by atoms with E-state index in [1.807, 2.05) is 24.3 Å². The van der Waals surface area contributed by atoms with Crippen LogP contribution in [0.5, 0.6) is 0 Å². The lowest BCUT2D eigenvalue weighted by Gasteiger charge is -2.16. The van der Waals surface area contributed by atoms with E-state index in [0.29, 0.717) is 17.5 Å². The van der Waals surface area contributed by atoms with Crippen LogP contribution < -0.4 is 16.4 Å². The van der Waals surface area contributed by atoms with E-state index in [2.05, 4.69) is 31.4 Å². The van der Waals surface area contributed by atoms with Crippen molar-refractivity contribution in [1.82, 2.24) is 5.32 Å². The van der Waals surface area contributed by atoms with Gasteiger partial charge in [0, 0.05) is 17.8 Å². The van der Waals surface area contributed by atoms with Gasteiger partial charge in [-0.25, -0.2) is 4.79 Å². The van der Waals surface area contributed by atoms with Crippen LogP contribution in [0.2, 0.25) is 0 Å². The van der Waals surface area contributed by atoms with Gasteiger partial charge in [-0.15, -0.1) is 0 Å². The van der Waals surface area contributed by atoms with E-state index in [4.69, 9.17) is 5.73 Å². The van der Waals surface area contributed by atoms with E-state index in [1.165, 1.54) is 12.0 Å². The first-order valence-electron chi connectivity index (χ1n) is 6.31. The van der Waals surface area contributed by atoms with Crippen molar-refractivity contribution in [3.63, 3.8) is 0 Å². The Morgan fingerprint density at radius 2 is 1.94 bits per heavy atom. The molecule has 0 saturated heterocycles. The molecule has 0 aliphatic heterocycles. The summed E-state index contributed by atoms with van der Waals surface area (Å²) in [4.78, 5) is 10.7. The Morgan fingerprint density at radius 3 is 2.39 bits per heavy atom. The van der Waals surface area contributed by atoms with Crippen molar-refractivity contribution in [2.24, 2.45) is 11.1 Å². The second-order valence-electron chi connectivity index (χ2n) is 5.74. The highest BCUT2D eigenvalue weighted by atomic mass is 16.2. The standard InChI is InChI=1S/C14H21N3O/c1-9(16-12-8-14(12,2)3)10-4-6-11(7-5-10)17-13(15)18/h4-7,9,12,16H,8H2,1-3H3,(H3,15,17,18). The molecule has 1 aliphatic carbocycles. The minimum Gasteiger partial charge on any atom is -0.351 e. The van der Waals surface area contributed by atoms with Gasteiger partial charge >= 0.3 is 6.03 Å². The number of hydrogen-bond donors (Lipinski definition) is 3. The van der Waals surface area contributed by atoms with Gasteiger partial charge < -0.3 is 16.4 Å². The zero-order chi connectivity index (χ0) is 13.3. The monoisotopic (exact) mass is 247 g/mol. The molecule has 2 rings (SSSR count). The average molecular weight is 247 g/mol. The first kappa shape index (κ1) is 12.9. The molecule has 2 amide bonds. The molecule has 1 fully saturated rings. The quantitative estimate of drug-likeness (QED) is 0.765. The van der Waals surface area contributed by atoms with Crippen LogP contribution in [-0.4, -0.2) is 12.1 Å². The molecule has 0 spiro atoms. The molecule has 98 valence electrons. The fourth-order valence-corrected chi connectivity index (χ4v) is 2.15. The van der Waals surface area contributed by atoms with Crippen LogP contribution in [0.15, 0.2) is 24.3 Å². The molecule has 1 saturated carbocycles. The van der Waals surface area contributed by atoms with Gasteiger partial charge in [0.1, 0.15) is 0 Å². The molecule has 2 atom stereocenters. The smallest absolute Gasteiger partial charge is 0.316 e. The number of primary amides is 1. The summed E-state index contributed by atoms with van der Waals surface area (Å²) in [6.45, 7) is 6.71. The van der Waals surface area contributed by atoms with Gasteiger partial charge in [0.25, 0.3) is 0 Å². The molecule has 4 N–H and O–H groups in total. The Labute approximate surface area is 108 Å². The van der Waals surface area contributed by atoms with E-state index in [9.17, 15) is 4.79 Å². The van der Waals surface area contributed by atoms with Crippen LogP contribution in [0.3, 0.4) is 0 Å². The largest absolute Gasteiger partial charge is 0.351 e. The minimum atomic E-state index is -0.534. The maximum Gasteiger partial charge on any atom is 0.316 e. The predicted octanol–water partition coefficient (Wildman–Crippen LogP) is 2.63. The zero-order valence-corrected chi connectivity index (χ0v) is 11.2. The number of hydrogen-bond acceptors (Lipinski definition) is 2. The van der Waals surface area contributed by atoms with Crippen LogP contribution in [0.25, 0.3) is 0 Å². The van der Waals surface area contributed by atoms with Crippen molar-refractivity contribution < 1.29 is 4.79 Å². The Morgan fingerprint density at radius 1 is 1.39 bits per heavy atom. The van der Waals surface area contributed by atoms with E-state index < -0.39 is 6.03 Å². The highest BCUT2D eigenvalue weighted by Crippen LogP contribution is 2.45. The third-order valence-electron chi connectivity index (χ3n) is 3.64. The second-order valence-corrected chi connectivity index (χ2v) is 5.74. The summed E-state index contributed by atoms with van der Waals surface area (Å²) >= 11 is 0. The van der Waals surface area contributed by atoms with Gasteiger partial charge in [0.15, 0.2) is 0 Å². The summed E-state index contributed by atoms with van der Waals surface area (Å²) in [5.74, 6) is 0. The number of anilines is 1. The Bertz CT molecular complexity index is 439. The molecule has 0 radical (unpaired) electrons. The molecule has 4 heteroatoms. The summed E-state index contributed by atoms with van der Waals surface area (Å²) < 4.78 is 0. The van der Waals surface area contributed by atoms with Gasteiger partial charge in [-0.3, -0.25) is 0 Å². The molecule has 1 aromatic carbocycles. The maximum atomic E-state index is 10.7. The summed E-state index contributed by atoms with van der Waals surface area (Å²) in [6.07, 6.45) is 1.23. The lowest BCUT2D eigenvalue weighted by Crippen LogP contribution is -2.24. The SMILES string of the molecule is CC(NC1CC1(C)C)c1ccc(NC(N)=O)cc1. The minimum absolute atomic E-state index is 0.319. The highest BCUT2D eigenvalue weighted by molar-refractivity contribution is 5.87. The fourth-order valence-electron chi connectivity index (χ4n) is 2.15. The number of nitrogens with two attached hydrogens (primary N) is 1. The summed E-state index contributed by atoms with van der Waals surface area (Å²) in [5, 5.41) is 6.16. The number of urea groups is 1. The Balaban J connectivity index is 1.94. The van der Waals surface area contributed by atoms with E-state index in [0.717, 1.165) is 5.69 Å². The van der Waals surface area contributed by atoms with Crippen LogP contribution >= 0.6 is 0 Å². The number of amides is 2. The molecule has 18 heavy (non-hydrogen) atoms. The predicted molar refractivity (Wildman–Crippen MR) is 73.4 cm³/mol. The zero-order valence-electron chi connectivity index (χ0n) is 11.2. The maximum absolute atomic E-state index is 10.7. The van der Waals surface area contributed by atoms with Crippen LogP contribution in [0.4, 0.5) is 10.5 Å². The molecule has 2 unspecified atom stereocenters. The molecule has 1 aromatic rings. The summed E-state index contributed by atoms with van der Waals surface area (Å²) in [6, 6.07) is 8.16. The van der Waals surface area contributed by atoms with Crippen molar-refractivity contribution >= 4 is 11.7 Å². The van der Waals surface area contributed by atoms with Crippen molar-refractivity contribution in [1.29, 1.82) is 0 Å². The lowest BCUT2D eigenvalue weighted by atomic mass is 10.1. The molecule has 4 nitrogen and oxygen atoms in total. The number of carbonyl (C=O) groups excluding carboxylic acids is 1. The van der Waals surface area contributed by atoms with E-state index in [1.54, 1.807) is 0 Å². The number of rotatable bonds is 4. The van der Waals surface area contributed by atoms with Crippen LogP contribution in [0.1, 0.15) is 38.8 Å².